The van der Waals surface area contributed by atoms with Gasteiger partial charge in [0, 0.05) is 21.2 Å². The Morgan fingerprint density at radius 1 is 1.00 bits per heavy atom. The topological polar surface area (TPSA) is 35.1 Å². The van der Waals surface area contributed by atoms with Gasteiger partial charge in [-0.3, -0.25) is 0 Å². The first-order valence-electron chi connectivity index (χ1n) is 6.95. The largest absolute Gasteiger partial charge is 0.422 e. The molecule has 0 saturated carbocycles. The molecule has 2 aromatic carbocycles. The Kier molecular flexibility index (Phi) is 2.94. The maximum atomic E-state index is 12.3. The third-order valence-corrected chi connectivity index (χ3v) is 4.31. The summed E-state index contributed by atoms with van der Waals surface area (Å²) in [5, 5.41) is 1.54. The minimum Gasteiger partial charge on any atom is -0.422 e. The van der Waals surface area contributed by atoms with E-state index >= 15 is 0 Å². The monoisotopic (exact) mass is 353 g/mol. The van der Waals surface area contributed by atoms with E-state index in [1.54, 1.807) is 0 Å². The normalized spacial score (nSPS) is 11.4. The van der Waals surface area contributed by atoms with Crippen LogP contribution in [0.1, 0.15) is 5.69 Å². The zero-order valence-electron chi connectivity index (χ0n) is 11.8. The van der Waals surface area contributed by atoms with E-state index < -0.39 is 0 Å². The highest BCUT2D eigenvalue weighted by Gasteiger charge is 2.15. The smallest absolute Gasteiger partial charge is 0.345 e. The summed E-state index contributed by atoms with van der Waals surface area (Å²) in [7, 11) is 0. The highest BCUT2D eigenvalue weighted by molar-refractivity contribution is 9.10. The molecule has 2 heterocycles. The summed E-state index contributed by atoms with van der Waals surface area (Å²) in [5.41, 5.74) is 3.21. The van der Waals surface area contributed by atoms with Gasteiger partial charge in [-0.1, -0.05) is 34.1 Å². The fourth-order valence-corrected chi connectivity index (χ4v) is 3.30. The van der Waals surface area contributed by atoms with E-state index in [0.29, 0.717) is 11.0 Å². The minimum atomic E-state index is -0.300. The van der Waals surface area contributed by atoms with Crippen molar-refractivity contribution in [2.24, 2.45) is 0 Å². The number of rotatable bonds is 1. The molecule has 0 atom stereocenters. The number of halogens is 1. The molecule has 0 amide bonds. The molecule has 0 aliphatic carbocycles. The highest BCUT2D eigenvalue weighted by Crippen LogP contribution is 2.29. The summed E-state index contributed by atoms with van der Waals surface area (Å²) < 4.78 is 8.52. The van der Waals surface area contributed by atoms with Crippen LogP contribution in [0, 0.1) is 6.92 Å². The Labute approximate surface area is 134 Å². The van der Waals surface area contributed by atoms with Gasteiger partial charge < -0.3 is 8.98 Å². The standard InChI is InChI=1S/C18H12BrNO2/c1-11-9-15-17(20(11)13-6-4-5-12(19)10-13)14-7-2-3-8-16(14)22-18(15)21/h2-10H,1H3. The Balaban J connectivity index is 2.24. The van der Waals surface area contributed by atoms with E-state index in [9.17, 15) is 4.79 Å². The number of hydrogen-bond donors (Lipinski definition) is 0. The molecule has 0 unspecified atom stereocenters. The van der Waals surface area contributed by atoms with Crippen LogP contribution in [-0.4, -0.2) is 4.57 Å². The molecule has 4 aromatic rings. The van der Waals surface area contributed by atoms with E-state index in [-0.39, 0.29) is 5.63 Å². The molecule has 0 fully saturated rings. The molecule has 4 heteroatoms. The lowest BCUT2D eigenvalue weighted by Crippen LogP contribution is -2.01. The van der Waals surface area contributed by atoms with Crippen molar-refractivity contribution in [3.63, 3.8) is 0 Å². The van der Waals surface area contributed by atoms with Crippen LogP contribution >= 0.6 is 15.9 Å². The molecule has 0 spiro atoms. The van der Waals surface area contributed by atoms with Crippen LogP contribution in [0.3, 0.4) is 0 Å². The average Bonchev–Trinajstić information content (AvgIpc) is 2.85. The number of benzene rings is 2. The van der Waals surface area contributed by atoms with Gasteiger partial charge in [0.05, 0.1) is 10.9 Å². The summed E-state index contributed by atoms with van der Waals surface area (Å²) in [6, 6.07) is 17.5. The van der Waals surface area contributed by atoms with Gasteiger partial charge in [0.1, 0.15) is 5.58 Å². The fraction of sp³-hybridized carbons (Fsp3) is 0.0556. The molecule has 3 nitrogen and oxygen atoms in total. The number of aryl methyl sites for hydroxylation is 1. The summed E-state index contributed by atoms with van der Waals surface area (Å²) in [6.07, 6.45) is 0. The molecular formula is C18H12BrNO2. The maximum Gasteiger partial charge on any atom is 0.345 e. The van der Waals surface area contributed by atoms with Gasteiger partial charge in [0.25, 0.3) is 0 Å². The maximum absolute atomic E-state index is 12.3. The van der Waals surface area contributed by atoms with E-state index in [1.807, 2.05) is 61.5 Å². The van der Waals surface area contributed by atoms with Gasteiger partial charge >= 0.3 is 5.63 Å². The van der Waals surface area contributed by atoms with Crippen molar-refractivity contribution in [1.29, 1.82) is 0 Å². The summed E-state index contributed by atoms with van der Waals surface area (Å²) in [4.78, 5) is 12.3. The van der Waals surface area contributed by atoms with Crippen molar-refractivity contribution in [2.45, 2.75) is 6.92 Å². The average molecular weight is 354 g/mol. The second kappa shape index (κ2) is 4.85. The highest BCUT2D eigenvalue weighted by atomic mass is 79.9. The number of aromatic nitrogens is 1. The Morgan fingerprint density at radius 2 is 1.82 bits per heavy atom. The summed E-state index contributed by atoms with van der Waals surface area (Å²) >= 11 is 3.51. The summed E-state index contributed by atoms with van der Waals surface area (Å²) in [6.45, 7) is 2.00. The lowest BCUT2D eigenvalue weighted by atomic mass is 10.2. The van der Waals surface area contributed by atoms with E-state index in [4.69, 9.17) is 4.42 Å². The molecule has 2 aromatic heterocycles. The number of nitrogens with zero attached hydrogens (tertiary/aromatic N) is 1. The van der Waals surface area contributed by atoms with Gasteiger partial charge in [-0.2, -0.15) is 0 Å². The van der Waals surface area contributed by atoms with Crippen molar-refractivity contribution in [3.8, 4) is 5.69 Å². The number of fused-ring (bicyclic) bond motifs is 3. The minimum absolute atomic E-state index is 0.300. The van der Waals surface area contributed by atoms with Gasteiger partial charge in [0.15, 0.2) is 0 Å². The third-order valence-electron chi connectivity index (χ3n) is 3.82. The van der Waals surface area contributed by atoms with Crippen LogP contribution in [0.2, 0.25) is 0 Å². The van der Waals surface area contributed by atoms with Crippen LogP contribution in [0.4, 0.5) is 0 Å². The van der Waals surface area contributed by atoms with Gasteiger partial charge in [-0.05, 0) is 43.3 Å². The first kappa shape index (κ1) is 13.3. The van der Waals surface area contributed by atoms with Crippen molar-refractivity contribution in [2.75, 3.05) is 0 Å². The molecule has 0 radical (unpaired) electrons. The van der Waals surface area contributed by atoms with Crippen molar-refractivity contribution in [1.82, 2.24) is 4.57 Å². The van der Waals surface area contributed by atoms with E-state index in [1.165, 1.54) is 0 Å². The van der Waals surface area contributed by atoms with E-state index in [0.717, 1.165) is 26.8 Å². The second-order valence-corrected chi connectivity index (χ2v) is 6.16. The van der Waals surface area contributed by atoms with Gasteiger partial charge in [-0.15, -0.1) is 0 Å². The lowest BCUT2D eigenvalue weighted by Gasteiger charge is -2.10. The molecular weight excluding hydrogens is 342 g/mol. The summed E-state index contributed by atoms with van der Waals surface area (Å²) in [5.74, 6) is 0. The molecule has 22 heavy (non-hydrogen) atoms. The van der Waals surface area contributed by atoms with E-state index in [2.05, 4.69) is 20.5 Å². The predicted octanol–water partition coefficient (Wildman–Crippen LogP) is 4.81. The van der Waals surface area contributed by atoms with Crippen molar-refractivity contribution in [3.05, 3.63) is 75.2 Å². The first-order chi connectivity index (χ1) is 10.6. The van der Waals surface area contributed by atoms with Crippen molar-refractivity contribution < 1.29 is 4.42 Å². The van der Waals surface area contributed by atoms with Crippen molar-refractivity contribution >= 4 is 37.8 Å². The van der Waals surface area contributed by atoms with Gasteiger partial charge in [0.2, 0.25) is 0 Å². The molecule has 108 valence electrons. The Bertz CT molecular complexity index is 1080. The van der Waals surface area contributed by atoms with Crippen LogP contribution in [0.5, 0.6) is 0 Å². The number of hydrogen-bond acceptors (Lipinski definition) is 2. The Hall–Kier alpha value is -2.33. The molecule has 0 N–H and O–H groups in total. The van der Waals surface area contributed by atoms with Crippen LogP contribution in [-0.2, 0) is 0 Å². The molecule has 0 aliphatic heterocycles. The van der Waals surface area contributed by atoms with Crippen LogP contribution in [0.15, 0.2) is 68.3 Å². The zero-order valence-corrected chi connectivity index (χ0v) is 13.4. The zero-order chi connectivity index (χ0) is 15.3. The van der Waals surface area contributed by atoms with Crippen LogP contribution < -0.4 is 5.63 Å². The molecule has 4 rings (SSSR count). The Morgan fingerprint density at radius 3 is 2.64 bits per heavy atom. The first-order valence-corrected chi connectivity index (χ1v) is 7.74. The van der Waals surface area contributed by atoms with Crippen LogP contribution in [0.25, 0.3) is 27.6 Å². The second-order valence-electron chi connectivity index (χ2n) is 5.25. The number of para-hydroxylation sites is 1. The third kappa shape index (κ3) is 1.91. The molecule has 0 bridgehead atoms. The molecule has 0 aliphatic rings. The lowest BCUT2D eigenvalue weighted by molar-refractivity contribution is 0.569. The van der Waals surface area contributed by atoms with Gasteiger partial charge in [-0.25, -0.2) is 4.79 Å². The quantitative estimate of drug-likeness (QED) is 0.460. The predicted molar refractivity (Wildman–Crippen MR) is 91.8 cm³/mol. The molecule has 0 saturated heterocycles. The fourth-order valence-electron chi connectivity index (χ4n) is 2.91. The SMILES string of the molecule is Cc1cc2c(=O)oc3ccccc3c2n1-c1cccc(Br)c1.